The molecule has 0 rings (SSSR count). The fraction of sp³-hybridized carbons (Fsp3) is 0.917. The van der Waals surface area contributed by atoms with Gasteiger partial charge in [0.05, 0.1) is 13.2 Å². The summed E-state index contributed by atoms with van der Waals surface area (Å²) in [6, 6.07) is 0. The van der Waals surface area contributed by atoms with Gasteiger partial charge >= 0.3 is 12.2 Å². The summed E-state index contributed by atoms with van der Waals surface area (Å²) in [5.41, 5.74) is 0. The summed E-state index contributed by atoms with van der Waals surface area (Å²) >= 11 is 0. The minimum absolute atomic E-state index is 0.344. The maximum absolute atomic E-state index is 11.6. The molecule has 178 valence electrons. The Morgan fingerprint density at radius 1 is 0.500 bits per heavy atom. The minimum Gasteiger partial charge on any atom is -0.450 e. The molecule has 0 radical (unpaired) electrons. The van der Waals surface area contributed by atoms with Crippen LogP contribution in [0.15, 0.2) is 0 Å². The Hall–Kier alpha value is -1.46. The molecule has 6 heteroatoms. The van der Waals surface area contributed by atoms with Crippen LogP contribution in [0.2, 0.25) is 0 Å². The van der Waals surface area contributed by atoms with E-state index in [1.54, 1.807) is 0 Å². The third-order valence-corrected chi connectivity index (χ3v) is 5.10. The second-order valence-corrected chi connectivity index (χ2v) is 8.08. The first kappa shape index (κ1) is 28.5. The van der Waals surface area contributed by atoms with Gasteiger partial charge in [0.1, 0.15) is 0 Å². The Morgan fingerprint density at radius 2 is 0.833 bits per heavy atom. The van der Waals surface area contributed by atoms with E-state index in [1.165, 1.54) is 64.2 Å². The van der Waals surface area contributed by atoms with Crippen LogP contribution in [0.1, 0.15) is 117 Å². The Kier molecular flexibility index (Phi) is 22.7. The van der Waals surface area contributed by atoms with E-state index >= 15 is 0 Å². The first-order chi connectivity index (χ1) is 14.7. The van der Waals surface area contributed by atoms with E-state index in [-0.39, 0.29) is 12.2 Å². The van der Waals surface area contributed by atoms with Crippen LogP contribution in [0.3, 0.4) is 0 Å². The summed E-state index contributed by atoms with van der Waals surface area (Å²) in [5.74, 6) is 0. The van der Waals surface area contributed by atoms with Gasteiger partial charge in [0.2, 0.25) is 0 Å². The molecule has 0 heterocycles. The first-order valence-electron chi connectivity index (χ1n) is 12.5. The van der Waals surface area contributed by atoms with Crippen molar-refractivity contribution < 1.29 is 19.1 Å². The third-order valence-electron chi connectivity index (χ3n) is 5.10. The van der Waals surface area contributed by atoms with Gasteiger partial charge in [-0.15, -0.1) is 0 Å². The van der Waals surface area contributed by atoms with E-state index in [4.69, 9.17) is 9.47 Å². The Morgan fingerprint density at radius 3 is 1.20 bits per heavy atom. The molecule has 0 saturated carbocycles. The van der Waals surface area contributed by atoms with Crippen molar-refractivity contribution >= 4 is 12.2 Å². The Balaban J connectivity index is 3.28. The molecule has 0 spiro atoms. The van der Waals surface area contributed by atoms with E-state index in [9.17, 15) is 9.59 Å². The van der Waals surface area contributed by atoms with Crippen LogP contribution in [0, 0.1) is 0 Å². The number of rotatable bonds is 21. The van der Waals surface area contributed by atoms with E-state index in [1.807, 2.05) is 0 Å². The van der Waals surface area contributed by atoms with Crippen LogP contribution in [0.25, 0.3) is 0 Å². The number of amides is 2. The lowest BCUT2D eigenvalue weighted by Gasteiger charge is -2.08. The zero-order valence-corrected chi connectivity index (χ0v) is 19.8. The fourth-order valence-electron chi connectivity index (χ4n) is 3.18. The van der Waals surface area contributed by atoms with Crippen molar-refractivity contribution in [1.82, 2.24) is 10.6 Å². The lowest BCUT2D eigenvalue weighted by molar-refractivity contribution is 0.141. The maximum Gasteiger partial charge on any atom is 0.407 e. The quantitative estimate of drug-likeness (QED) is 0.199. The summed E-state index contributed by atoms with van der Waals surface area (Å²) in [6.45, 7) is 6.54. The van der Waals surface area contributed by atoms with Gasteiger partial charge in [-0.3, -0.25) is 0 Å². The molecule has 0 saturated heterocycles. The van der Waals surface area contributed by atoms with Gasteiger partial charge in [0.25, 0.3) is 0 Å². The fourth-order valence-corrected chi connectivity index (χ4v) is 3.18. The highest BCUT2D eigenvalue weighted by Gasteiger charge is 2.03. The van der Waals surface area contributed by atoms with Crippen LogP contribution in [0.4, 0.5) is 9.59 Å². The number of carbonyl (C=O) groups excluding carboxylic acids is 2. The smallest absolute Gasteiger partial charge is 0.407 e. The topological polar surface area (TPSA) is 76.7 Å². The molecular weight excluding hydrogens is 380 g/mol. The molecule has 0 aromatic heterocycles. The molecule has 0 aliphatic rings. The number of nitrogens with one attached hydrogen (secondary N) is 2. The number of hydrogen-bond acceptors (Lipinski definition) is 4. The molecule has 0 bridgehead atoms. The number of ether oxygens (including phenoxy) is 2. The largest absolute Gasteiger partial charge is 0.450 e. The number of hydrogen-bond donors (Lipinski definition) is 2. The van der Waals surface area contributed by atoms with Gasteiger partial charge in [0.15, 0.2) is 0 Å². The van der Waals surface area contributed by atoms with Crippen LogP contribution < -0.4 is 10.6 Å². The molecule has 0 aromatic rings. The van der Waals surface area contributed by atoms with Crippen molar-refractivity contribution in [3.8, 4) is 0 Å². The van der Waals surface area contributed by atoms with Crippen molar-refractivity contribution in [2.24, 2.45) is 0 Å². The van der Waals surface area contributed by atoms with Crippen molar-refractivity contribution in [3.05, 3.63) is 0 Å². The van der Waals surface area contributed by atoms with Gasteiger partial charge in [-0.1, -0.05) is 90.9 Å². The van der Waals surface area contributed by atoms with Crippen molar-refractivity contribution in [2.45, 2.75) is 117 Å². The predicted molar refractivity (Wildman–Crippen MR) is 124 cm³/mol. The van der Waals surface area contributed by atoms with E-state index in [2.05, 4.69) is 24.5 Å². The Labute approximate surface area is 185 Å². The average Bonchev–Trinajstić information content (AvgIpc) is 2.74. The molecule has 0 fully saturated rings. The number of unbranched alkanes of at least 4 members (excludes halogenated alkanes) is 13. The van der Waals surface area contributed by atoms with Crippen molar-refractivity contribution in [1.29, 1.82) is 0 Å². The summed E-state index contributed by atoms with van der Waals surface area (Å²) in [7, 11) is 0. The molecule has 6 nitrogen and oxygen atoms in total. The van der Waals surface area contributed by atoms with Gasteiger partial charge in [0, 0.05) is 13.1 Å². The molecule has 30 heavy (non-hydrogen) atoms. The molecule has 0 aliphatic carbocycles. The highest BCUT2D eigenvalue weighted by atomic mass is 16.6. The number of alkyl carbamates (subject to hydrolysis) is 2. The normalized spacial score (nSPS) is 10.6. The molecule has 2 amide bonds. The van der Waals surface area contributed by atoms with Crippen LogP contribution in [-0.2, 0) is 9.47 Å². The van der Waals surface area contributed by atoms with E-state index in [0.29, 0.717) is 26.3 Å². The summed E-state index contributed by atoms with van der Waals surface area (Å²) in [6.07, 6.45) is 17.8. The first-order valence-corrected chi connectivity index (χ1v) is 12.5. The molecule has 0 aromatic carbocycles. The lowest BCUT2D eigenvalue weighted by atomic mass is 10.1. The van der Waals surface area contributed by atoms with Crippen molar-refractivity contribution in [3.63, 3.8) is 0 Å². The van der Waals surface area contributed by atoms with Crippen LogP contribution >= 0.6 is 0 Å². The zero-order valence-electron chi connectivity index (χ0n) is 19.8. The number of carbonyl (C=O) groups is 2. The van der Waals surface area contributed by atoms with Crippen LogP contribution in [0.5, 0.6) is 0 Å². The maximum atomic E-state index is 11.6. The lowest BCUT2D eigenvalue weighted by Crippen LogP contribution is -2.28. The highest BCUT2D eigenvalue weighted by molar-refractivity contribution is 5.67. The van der Waals surface area contributed by atoms with Crippen molar-refractivity contribution in [2.75, 3.05) is 26.3 Å². The van der Waals surface area contributed by atoms with Gasteiger partial charge in [-0.25, -0.2) is 9.59 Å². The van der Waals surface area contributed by atoms with E-state index in [0.717, 1.165) is 38.5 Å². The summed E-state index contributed by atoms with van der Waals surface area (Å²) < 4.78 is 10.3. The van der Waals surface area contributed by atoms with Gasteiger partial charge < -0.3 is 20.1 Å². The van der Waals surface area contributed by atoms with E-state index < -0.39 is 0 Å². The Bertz CT molecular complexity index is 355. The SMILES string of the molecule is CCCCCCCCCOC(=O)NCCCCNC(=O)OCCCCCCCCC. The minimum atomic E-state index is -0.344. The molecule has 2 N–H and O–H groups in total. The molecular formula is C24H48N2O4. The average molecular weight is 429 g/mol. The standard InChI is InChI=1S/C24H48N2O4/c1-3-5-7-9-11-13-17-21-29-23(27)25-19-15-16-20-26-24(28)30-22-18-14-12-10-8-6-4-2/h3-22H2,1-2H3,(H,25,27)(H,26,28). The monoisotopic (exact) mass is 428 g/mol. The summed E-state index contributed by atoms with van der Waals surface area (Å²) in [4.78, 5) is 23.2. The molecule has 0 aliphatic heterocycles. The van der Waals surface area contributed by atoms with Gasteiger partial charge in [-0.05, 0) is 25.7 Å². The second-order valence-electron chi connectivity index (χ2n) is 8.08. The zero-order chi connectivity index (χ0) is 22.1. The second kappa shape index (κ2) is 23.8. The predicted octanol–water partition coefficient (Wildman–Crippen LogP) is 6.72. The summed E-state index contributed by atoms with van der Waals surface area (Å²) in [5, 5.41) is 5.50. The molecule has 0 unspecified atom stereocenters. The molecule has 0 atom stereocenters. The van der Waals surface area contributed by atoms with Crippen LogP contribution in [-0.4, -0.2) is 38.5 Å². The van der Waals surface area contributed by atoms with Gasteiger partial charge in [-0.2, -0.15) is 0 Å². The third kappa shape index (κ3) is 22.8. The highest BCUT2D eigenvalue weighted by Crippen LogP contribution is 2.07.